The molecule has 1 fully saturated rings. The first-order chi connectivity index (χ1) is 14.5. The zero-order valence-electron chi connectivity index (χ0n) is 17.5. The van der Waals surface area contributed by atoms with Crippen LogP contribution in [0.25, 0.3) is 10.9 Å². The molecule has 30 heavy (non-hydrogen) atoms. The van der Waals surface area contributed by atoms with Gasteiger partial charge in [0.1, 0.15) is 5.82 Å². The van der Waals surface area contributed by atoms with Crippen molar-refractivity contribution in [2.75, 3.05) is 5.32 Å². The van der Waals surface area contributed by atoms with Crippen LogP contribution in [0.15, 0.2) is 59.1 Å². The number of rotatable bonds is 5. The van der Waals surface area contributed by atoms with E-state index in [1.807, 2.05) is 31.2 Å². The number of hydrogen-bond donors (Lipinski definition) is 2. The minimum atomic E-state index is 0.0197. The van der Waals surface area contributed by atoms with Crippen LogP contribution in [-0.4, -0.2) is 16.9 Å². The molecular weight excluding hydrogens is 438 g/mol. The number of nitrogens with zero attached hydrogens (tertiary/aromatic N) is 1. The predicted octanol–water partition coefficient (Wildman–Crippen LogP) is 6.15. The molecule has 0 bridgehead atoms. The Labute approximate surface area is 186 Å². The number of benzene rings is 2. The number of fused-ring (bicyclic) bond motifs is 1. The molecule has 0 spiro atoms. The third-order valence-corrected chi connectivity index (χ3v) is 6.63. The summed E-state index contributed by atoms with van der Waals surface area (Å²) in [6.45, 7) is 4.17. The molecule has 1 atom stereocenters. The van der Waals surface area contributed by atoms with E-state index in [-0.39, 0.29) is 17.9 Å². The van der Waals surface area contributed by atoms with Crippen molar-refractivity contribution in [3.05, 3.63) is 70.2 Å². The summed E-state index contributed by atoms with van der Waals surface area (Å²) in [6.07, 6.45) is 3.78. The Morgan fingerprint density at radius 1 is 1.07 bits per heavy atom. The van der Waals surface area contributed by atoms with Crippen LogP contribution in [0.2, 0.25) is 0 Å². The summed E-state index contributed by atoms with van der Waals surface area (Å²) in [5.41, 5.74) is 3.38. The van der Waals surface area contributed by atoms with Crippen molar-refractivity contribution in [1.82, 2.24) is 10.3 Å². The number of hydrogen-bond acceptors (Lipinski definition) is 3. The Kier molecular flexibility index (Phi) is 6.38. The Bertz CT molecular complexity index is 1030. The van der Waals surface area contributed by atoms with Gasteiger partial charge in [-0.05, 0) is 74.9 Å². The Morgan fingerprint density at radius 3 is 2.50 bits per heavy atom. The number of anilines is 1. The smallest absolute Gasteiger partial charge is 0.223 e. The van der Waals surface area contributed by atoms with Gasteiger partial charge in [-0.25, -0.2) is 4.98 Å². The van der Waals surface area contributed by atoms with E-state index in [1.165, 1.54) is 10.9 Å². The van der Waals surface area contributed by atoms with E-state index in [4.69, 9.17) is 4.98 Å². The normalized spacial score (nSPS) is 20.0. The van der Waals surface area contributed by atoms with Gasteiger partial charge in [-0.1, -0.05) is 46.3 Å². The fourth-order valence-electron chi connectivity index (χ4n) is 4.30. The molecule has 1 saturated carbocycles. The summed E-state index contributed by atoms with van der Waals surface area (Å²) >= 11 is 3.46. The second-order valence-corrected chi connectivity index (χ2v) is 9.23. The van der Waals surface area contributed by atoms with E-state index in [0.717, 1.165) is 47.1 Å². The molecule has 1 aromatic heterocycles. The van der Waals surface area contributed by atoms with E-state index in [9.17, 15) is 4.79 Å². The molecular formula is C25H28BrN3O. The Morgan fingerprint density at radius 2 is 1.77 bits per heavy atom. The van der Waals surface area contributed by atoms with Gasteiger partial charge < -0.3 is 10.6 Å². The van der Waals surface area contributed by atoms with Gasteiger partial charge in [-0.2, -0.15) is 0 Å². The zero-order chi connectivity index (χ0) is 21.1. The van der Waals surface area contributed by atoms with Gasteiger partial charge >= 0.3 is 0 Å². The number of pyridine rings is 1. The summed E-state index contributed by atoms with van der Waals surface area (Å²) in [7, 11) is 0. The van der Waals surface area contributed by atoms with Gasteiger partial charge in [-0.15, -0.1) is 0 Å². The van der Waals surface area contributed by atoms with Crippen LogP contribution in [0.4, 0.5) is 5.82 Å². The maximum Gasteiger partial charge on any atom is 0.223 e. The molecule has 0 radical (unpaired) electrons. The predicted molar refractivity (Wildman–Crippen MR) is 127 cm³/mol. The highest BCUT2D eigenvalue weighted by molar-refractivity contribution is 9.10. The molecule has 2 aromatic carbocycles. The van der Waals surface area contributed by atoms with Crippen LogP contribution in [0.3, 0.4) is 0 Å². The van der Waals surface area contributed by atoms with E-state index in [1.54, 1.807) is 0 Å². The topological polar surface area (TPSA) is 54.0 Å². The highest BCUT2D eigenvalue weighted by Gasteiger charge is 2.27. The lowest BCUT2D eigenvalue weighted by molar-refractivity contribution is -0.126. The first kappa shape index (κ1) is 20.9. The van der Waals surface area contributed by atoms with E-state index < -0.39 is 0 Å². The number of carbonyl (C=O) groups is 1. The quantitative estimate of drug-likeness (QED) is 0.474. The van der Waals surface area contributed by atoms with Crippen molar-refractivity contribution >= 4 is 38.6 Å². The van der Waals surface area contributed by atoms with Crippen molar-refractivity contribution in [3.63, 3.8) is 0 Å². The molecule has 5 heteroatoms. The van der Waals surface area contributed by atoms with Crippen molar-refractivity contribution in [2.24, 2.45) is 5.92 Å². The van der Waals surface area contributed by atoms with Gasteiger partial charge in [0.25, 0.3) is 0 Å². The lowest BCUT2D eigenvalue weighted by Crippen LogP contribution is -2.37. The summed E-state index contributed by atoms with van der Waals surface area (Å²) in [4.78, 5) is 17.5. The molecule has 1 heterocycles. The fraction of sp³-hybridized carbons (Fsp3) is 0.360. The van der Waals surface area contributed by atoms with Gasteiger partial charge in [0.15, 0.2) is 0 Å². The van der Waals surface area contributed by atoms with Gasteiger partial charge in [-0.3, -0.25) is 4.79 Å². The minimum Gasteiger partial charge on any atom is -0.367 e. The van der Waals surface area contributed by atoms with Gasteiger partial charge in [0.05, 0.1) is 11.6 Å². The second-order valence-electron chi connectivity index (χ2n) is 8.32. The first-order valence-electron chi connectivity index (χ1n) is 10.7. The van der Waals surface area contributed by atoms with Crippen LogP contribution in [-0.2, 0) is 4.79 Å². The third kappa shape index (κ3) is 4.84. The molecule has 2 N–H and O–H groups in total. The SMILES string of the molecule is Cc1cc(NC2CCC(C(=O)N[C@@H](C)c3ccc(Br)cc3)CC2)nc2ccccc12. The van der Waals surface area contributed by atoms with Crippen LogP contribution in [0.5, 0.6) is 0 Å². The van der Waals surface area contributed by atoms with Crippen LogP contribution >= 0.6 is 15.9 Å². The molecule has 0 saturated heterocycles. The van der Waals surface area contributed by atoms with Gasteiger partial charge in [0.2, 0.25) is 5.91 Å². The maximum atomic E-state index is 12.8. The molecule has 0 unspecified atom stereocenters. The molecule has 4 rings (SSSR count). The van der Waals surface area contributed by atoms with Crippen LogP contribution in [0.1, 0.15) is 49.8 Å². The van der Waals surface area contributed by atoms with E-state index in [0.29, 0.717) is 6.04 Å². The number of aromatic nitrogens is 1. The fourth-order valence-corrected chi connectivity index (χ4v) is 4.56. The number of nitrogens with one attached hydrogen (secondary N) is 2. The molecule has 4 nitrogen and oxygen atoms in total. The first-order valence-corrected chi connectivity index (χ1v) is 11.5. The van der Waals surface area contributed by atoms with Gasteiger partial charge in [0, 0.05) is 21.8 Å². The van der Waals surface area contributed by atoms with Crippen molar-refractivity contribution in [3.8, 4) is 0 Å². The van der Waals surface area contributed by atoms with Crippen molar-refractivity contribution < 1.29 is 4.79 Å². The highest BCUT2D eigenvalue weighted by atomic mass is 79.9. The number of halogens is 1. The summed E-state index contributed by atoms with van der Waals surface area (Å²) in [5, 5.41) is 7.99. The average Bonchev–Trinajstić information content (AvgIpc) is 2.74. The number of carbonyl (C=O) groups excluding carboxylic acids is 1. The lowest BCUT2D eigenvalue weighted by Gasteiger charge is -2.29. The standard InChI is InChI=1S/C25H28BrN3O/c1-16-15-24(29-23-6-4-3-5-22(16)23)28-21-13-9-19(10-14-21)25(30)27-17(2)18-7-11-20(26)12-8-18/h3-8,11-12,15,17,19,21H,9-10,13-14H2,1-2H3,(H,27,30)(H,28,29)/t17-,19?,21?/m0/s1. The summed E-state index contributed by atoms with van der Waals surface area (Å²) in [5.74, 6) is 1.19. The van der Waals surface area contributed by atoms with Crippen molar-refractivity contribution in [1.29, 1.82) is 0 Å². The van der Waals surface area contributed by atoms with E-state index >= 15 is 0 Å². The molecule has 1 amide bonds. The van der Waals surface area contributed by atoms with E-state index in [2.05, 4.69) is 63.8 Å². The average molecular weight is 466 g/mol. The molecule has 1 aliphatic carbocycles. The summed E-state index contributed by atoms with van der Waals surface area (Å²) in [6, 6.07) is 18.9. The molecule has 3 aromatic rings. The van der Waals surface area contributed by atoms with Crippen LogP contribution in [0, 0.1) is 12.8 Å². The number of para-hydroxylation sites is 1. The highest BCUT2D eigenvalue weighted by Crippen LogP contribution is 2.28. The number of aryl methyl sites for hydroxylation is 1. The summed E-state index contributed by atoms with van der Waals surface area (Å²) < 4.78 is 1.05. The third-order valence-electron chi connectivity index (χ3n) is 6.10. The Balaban J connectivity index is 1.31. The van der Waals surface area contributed by atoms with Crippen LogP contribution < -0.4 is 10.6 Å². The zero-order valence-corrected chi connectivity index (χ0v) is 19.1. The molecule has 1 aliphatic rings. The largest absolute Gasteiger partial charge is 0.367 e. The lowest BCUT2D eigenvalue weighted by atomic mass is 9.85. The Hall–Kier alpha value is -2.40. The molecule has 0 aliphatic heterocycles. The minimum absolute atomic E-state index is 0.0197. The monoisotopic (exact) mass is 465 g/mol. The second kappa shape index (κ2) is 9.17. The van der Waals surface area contributed by atoms with Crippen molar-refractivity contribution in [2.45, 2.75) is 51.6 Å². The number of amides is 1. The maximum absolute atomic E-state index is 12.8. The molecule has 156 valence electrons.